The Kier molecular flexibility index (Phi) is 3.09. The lowest BCUT2D eigenvalue weighted by Crippen LogP contribution is -2.61. The summed E-state index contributed by atoms with van der Waals surface area (Å²) in [5.74, 6) is 3.35. The van der Waals surface area contributed by atoms with Crippen LogP contribution in [0.25, 0.3) is 21.9 Å². The van der Waals surface area contributed by atoms with Crippen molar-refractivity contribution in [3.05, 3.63) is 97.1 Å². The Hall–Kier alpha value is -4.64. The Morgan fingerprint density at radius 2 is 1.29 bits per heavy atom. The average molecular weight is 449 g/mol. The van der Waals surface area contributed by atoms with E-state index in [-0.39, 0.29) is 6.71 Å². The molecule has 0 radical (unpaired) electrons. The summed E-state index contributed by atoms with van der Waals surface area (Å²) in [5.41, 5.74) is 8.38. The van der Waals surface area contributed by atoms with Gasteiger partial charge in [-0.15, -0.1) is 0 Å². The summed E-state index contributed by atoms with van der Waals surface area (Å²) >= 11 is 0. The number of para-hydroxylation sites is 2. The van der Waals surface area contributed by atoms with Crippen molar-refractivity contribution in [3.63, 3.8) is 0 Å². The van der Waals surface area contributed by atoms with Crippen LogP contribution >= 0.6 is 0 Å². The Morgan fingerprint density at radius 1 is 0.571 bits per heavy atom. The van der Waals surface area contributed by atoms with Crippen LogP contribution in [0.4, 0.5) is 17.1 Å². The van der Waals surface area contributed by atoms with E-state index in [1.165, 1.54) is 10.9 Å². The molecule has 35 heavy (non-hydrogen) atoms. The molecule has 5 aromatic carbocycles. The summed E-state index contributed by atoms with van der Waals surface area (Å²) in [6.07, 6.45) is 0. The quantitative estimate of drug-likeness (QED) is 0.284. The van der Waals surface area contributed by atoms with Crippen LogP contribution in [0.2, 0.25) is 0 Å². The van der Waals surface area contributed by atoms with Crippen molar-refractivity contribution in [1.82, 2.24) is 0 Å². The molecule has 3 aliphatic heterocycles. The van der Waals surface area contributed by atoms with Gasteiger partial charge in [-0.3, -0.25) is 0 Å². The van der Waals surface area contributed by atoms with Crippen LogP contribution in [0, 0.1) is 0 Å². The van der Waals surface area contributed by atoms with Crippen LogP contribution in [0.5, 0.6) is 23.0 Å². The first kappa shape index (κ1) is 17.8. The zero-order valence-electron chi connectivity index (χ0n) is 18.5. The van der Waals surface area contributed by atoms with Crippen LogP contribution in [-0.4, -0.2) is 6.71 Å². The maximum Gasteiger partial charge on any atom is 0.266 e. The van der Waals surface area contributed by atoms with Gasteiger partial charge in [0.1, 0.15) is 22.8 Å². The number of ether oxygens (including phenoxy) is 2. The first-order valence-electron chi connectivity index (χ1n) is 11.8. The van der Waals surface area contributed by atoms with Gasteiger partial charge in [0.15, 0.2) is 11.3 Å². The summed E-state index contributed by atoms with van der Waals surface area (Å²) in [6, 6.07) is 33.4. The van der Waals surface area contributed by atoms with Gasteiger partial charge in [0, 0.05) is 33.3 Å². The fourth-order valence-electron chi connectivity index (χ4n) is 6.14. The highest BCUT2D eigenvalue weighted by Crippen LogP contribution is 2.48. The molecule has 0 amide bonds. The van der Waals surface area contributed by atoms with E-state index < -0.39 is 0 Å². The first-order valence-corrected chi connectivity index (χ1v) is 11.8. The number of hydrogen-bond acceptors (Lipinski definition) is 4. The first-order chi connectivity index (χ1) is 17.4. The highest BCUT2D eigenvalue weighted by molar-refractivity contribution is 7.00. The second-order valence-electron chi connectivity index (χ2n) is 9.28. The van der Waals surface area contributed by atoms with Gasteiger partial charge in [-0.25, -0.2) is 0 Å². The third-order valence-electron chi connectivity index (χ3n) is 7.51. The topological polar surface area (TPSA) is 34.8 Å². The lowest BCUT2D eigenvalue weighted by atomic mass is 9.33. The molecule has 0 aliphatic carbocycles. The Balaban J connectivity index is 1.42. The lowest BCUT2D eigenvalue weighted by molar-refractivity contribution is 0.461. The molecule has 9 rings (SSSR count). The van der Waals surface area contributed by atoms with Gasteiger partial charge >= 0.3 is 0 Å². The summed E-state index contributed by atoms with van der Waals surface area (Å²) in [6.45, 7) is 0.0116. The second-order valence-corrected chi connectivity index (χ2v) is 9.28. The highest BCUT2D eigenvalue weighted by atomic mass is 16.5. The van der Waals surface area contributed by atoms with E-state index in [2.05, 4.69) is 77.7 Å². The van der Waals surface area contributed by atoms with E-state index in [1.54, 1.807) is 0 Å². The van der Waals surface area contributed by atoms with Crippen molar-refractivity contribution in [2.75, 3.05) is 4.90 Å². The standard InChI is InChI=1S/C30H16BNO3/c1-2-8-17(9-3-1)32-20-11-6-14-23-26(20)31-27-21(32)12-7-15-24(27)35-30-28(31)25(33-23)16-19-18-10-4-5-13-22(18)34-29(19)30/h1-16H. The van der Waals surface area contributed by atoms with Gasteiger partial charge in [-0.1, -0.05) is 48.5 Å². The van der Waals surface area contributed by atoms with Crippen molar-refractivity contribution < 1.29 is 13.9 Å². The van der Waals surface area contributed by atoms with E-state index in [4.69, 9.17) is 13.9 Å². The number of nitrogens with zero attached hydrogens (tertiary/aromatic N) is 1. The molecule has 6 aromatic rings. The van der Waals surface area contributed by atoms with Crippen molar-refractivity contribution >= 4 is 62.1 Å². The molecule has 0 saturated carbocycles. The van der Waals surface area contributed by atoms with Crippen LogP contribution < -0.4 is 30.8 Å². The highest BCUT2D eigenvalue weighted by Gasteiger charge is 2.48. The molecule has 4 nitrogen and oxygen atoms in total. The monoisotopic (exact) mass is 449 g/mol. The molecule has 0 atom stereocenters. The fourth-order valence-corrected chi connectivity index (χ4v) is 6.14. The molecule has 1 aromatic heterocycles. The fraction of sp³-hybridized carbons (Fsp3) is 0. The van der Waals surface area contributed by atoms with Crippen LogP contribution in [0.1, 0.15) is 0 Å². The molecule has 0 unspecified atom stereocenters. The van der Waals surface area contributed by atoms with Gasteiger partial charge in [0.2, 0.25) is 0 Å². The maximum atomic E-state index is 6.68. The third kappa shape index (κ3) is 2.10. The molecule has 0 fully saturated rings. The van der Waals surface area contributed by atoms with E-state index in [9.17, 15) is 0 Å². The smallest absolute Gasteiger partial charge is 0.266 e. The van der Waals surface area contributed by atoms with E-state index in [0.29, 0.717) is 0 Å². The van der Waals surface area contributed by atoms with Crippen molar-refractivity contribution in [2.45, 2.75) is 0 Å². The molecule has 162 valence electrons. The van der Waals surface area contributed by atoms with E-state index >= 15 is 0 Å². The SMILES string of the molecule is c1ccc(N2c3cccc4c3B3c5c(cccc52)Oc2c3c(cc3c2oc2ccccc23)O4)cc1. The molecule has 5 heteroatoms. The molecular weight excluding hydrogens is 433 g/mol. The summed E-state index contributed by atoms with van der Waals surface area (Å²) < 4.78 is 19.7. The van der Waals surface area contributed by atoms with Gasteiger partial charge in [-0.05, 0) is 59.5 Å². The average Bonchev–Trinajstić information content (AvgIpc) is 3.28. The van der Waals surface area contributed by atoms with Crippen LogP contribution in [-0.2, 0) is 0 Å². The van der Waals surface area contributed by atoms with Gasteiger partial charge in [-0.2, -0.15) is 0 Å². The maximum absolute atomic E-state index is 6.68. The Labute approximate surface area is 201 Å². The van der Waals surface area contributed by atoms with Gasteiger partial charge in [0.05, 0.1) is 0 Å². The molecule has 0 spiro atoms. The molecule has 0 bridgehead atoms. The van der Waals surface area contributed by atoms with Crippen LogP contribution in [0.3, 0.4) is 0 Å². The number of furan rings is 1. The number of anilines is 3. The predicted molar refractivity (Wildman–Crippen MR) is 140 cm³/mol. The number of rotatable bonds is 1. The van der Waals surface area contributed by atoms with Gasteiger partial charge in [0.25, 0.3) is 6.71 Å². The zero-order valence-corrected chi connectivity index (χ0v) is 18.5. The van der Waals surface area contributed by atoms with Crippen LogP contribution in [0.15, 0.2) is 101 Å². The van der Waals surface area contributed by atoms with Crippen molar-refractivity contribution in [1.29, 1.82) is 0 Å². The number of benzene rings is 5. The van der Waals surface area contributed by atoms with E-state index in [0.717, 1.165) is 67.5 Å². The third-order valence-corrected chi connectivity index (χ3v) is 7.51. The molecule has 3 aliphatic rings. The second kappa shape index (κ2) is 6.07. The molecule has 0 saturated heterocycles. The minimum Gasteiger partial charge on any atom is -0.458 e. The summed E-state index contributed by atoms with van der Waals surface area (Å²) in [5, 5.41) is 2.07. The minimum absolute atomic E-state index is 0.0116. The minimum atomic E-state index is 0.0116. The normalized spacial score (nSPS) is 14.1. The van der Waals surface area contributed by atoms with Crippen molar-refractivity contribution in [3.8, 4) is 23.0 Å². The molecular formula is C30H16BNO3. The molecule has 4 heterocycles. The summed E-state index contributed by atoms with van der Waals surface area (Å²) in [4.78, 5) is 2.32. The predicted octanol–water partition coefficient (Wildman–Crippen LogP) is 6.10. The van der Waals surface area contributed by atoms with E-state index in [1.807, 2.05) is 24.3 Å². The Bertz CT molecular complexity index is 1860. The number of fused-ring (bicyclic) bond motifs is 4. The molecule has 0 N–H and O–H groups in total. The Morgan fingerprint density at radius 3 is 2.09 bits per heavy atom. The summed E-state index contributed by atoms with van der Waals surface area (Å²) in [7, 11) is 0. The van der Waals surface area contributed by atoms with Gasteiger partial charge < -0.3 is 18.8 Å². The largest absolute Gasteiger partial charge is 0.458 e. The number of hydrogen-bond donors (Lipinski definition) is 0. The van der Waals surface area contributed by atoms with Crippen molar-refractivity contribution in [2.24, 2.45) is 0 Å². The zero-order chi connectivity index (χ0) is 22.7. The lowest BCUT2D eigenvalue weighted by Gasteiger charge is -2.42.